The number of H-pyrrole nitrogens is 1. The summed E-state index contributed by atoms with van der Waals surface area (Å²) in [5, 5.41) is 1.03. The van der Waals surface area contributed by atoms with Gasteiger partial charge in [0.1, 0.15) is 5.02 Å². The SMILES string of the molecule is Clc1ccc[nH+]c1Cl. The second-order valence-electron chi connectivity index (χ2n) is 1.33. The van der Waals surface area contributed by atoms with Gasteiger partial charge in [0.05, 0.1) is 0 Å². The number of aromatic amines is 1. The minimum absolute atomic E-state index is 0.481. The predicted molar refractivity (Wildman–Crippen MR) is 33.0 cm³/mol. The number of hydrogen-bond donors (Lipinski definition) is 0. The molecular weight excluding hydrogens is 145 g/mol. The van der Waals surface area contributed by atoms with Crippen molar-refractivity contribution in [1.29, 1.82) is 0 Å². The molecule has 42 valence electrons. The Morgan fingerprint density at radius 3 is 2.50 bits per heavy atom. The normalized spacial score (nSPS) is 9.25. The van der Waals surface area contributed by atoms with E-state index in [0.717, 1.165) is 0 Å². The van der Waals surface area contributed by atoms with Crippen molar-refractivity contribution in [2.75, 3.05) is 0 Å². The Balaban J connectivity index is 3.13. The molecular formula is C5H4Cl2N+. The molecule has 1 N–H and O–H groups in total. The molecule has 0 atom stereocenters. The third-order valence-corrected chi connectivity index (χ3v) is 1.48. The summed E-state index contributed by atoms with van der Waals surface area (Å²) in [6.07, 6.45) is 1.72. The lowest BCUT2D eigenvalue weighted by Crippen LogP contribution is -2.00. The van der Waals surface area contributed by atoms with Gasteiger partial charge >= 0.3 is 0 Å². The van der Waals surface area contributed by atoms with Gasteiger partial charge in [-0.15, -0.1) is 0 Å². The Bertz CT molecular complexity index is 167. The molecule has 1 aromatic rings. The van der Waals surface area contributed by atoms with E-state index in [4.69, 9.17) is 23.2 Å². The van der Waals surface area contributed by atoms with Crippen LogP contribution in [0.25, 0.3) is 0 Å². The van der Waals surface area contributed by atoms with E-state index in [1.165, 1.54) is 0 Å². The molecule has 0 aromatic carbocycles. The van der Waals surface area contributed by atoms with Crippen LogP contribution >= 0.6 is 23.2 Å². The highest BCUT2D eigenvalue weighted by atomic mass is 35.5. The summed E-state index contributed by atoms with van der Waals surface area (Å²) in [7, 11) is 0. The summed E-state index contributed by atoms with van der Waals surface area (Å²) in [4.78, 5) is 2.73. The molecule has 0 unspecified atom stereocenters. The van der Waals surface area contributed by atoms with Crippen LogP contribution in [0.5, 0.6) is 0 Å². The fraction of sp³-hybridized carbons (Fsp3) is 0. The zero-order chi connectivity index (χ0) is 5.98. The number of hydrogen-bond acceptors (Lipinski definition) is 0. The van der Waals surface area contributed by atoms with Crippen LogP contribution in [0.2, 0.25) is 10.2 Å². The van der Waals surface area contributed by atoms with E-state index in [9.17, 15) is 0 Å². The maximum Gasteiger partial charge on any atom is 0.292 e. The third-order valence-electron chi connectivity index (χ3n) is 0.759. The molecule has 1 nitrogen and oxygen atoms in total. The second kappa shape index (κ2) is 2.33. The Morgan fingerprint density at radius 1 is 1.38 bits per heavy atom. The van der Waals surface area contributed by atoms with E-state index < -0.39 is 0 Å². The molecule has 0 radical (unpaired) electrons. The highest BCUT2D eigenvalue weighted by Gasteiger charge is 1.98. The van der Waals surface area contributed by atoms with Gasteiger partial charge in [-0.25, -0.2) is 4.98 Å². The zero-order valence-electron chi connectivity index (χ0n) is 3.99. The molecule has 1 rings (SSSR count). The van der Waals surface area contributed by atoms with Crippen molar-refractivity contribution in [2.45, 2.75) is 0 Å². The minimum Gasteiger partial charge on any atom is -0.200 e. The predicted octanol–water partition coefficient (Wildman–Crippen LogP) is 1.81. The first-order valence-electron chi connectivity index (χ1n) is 2.12. The van der Waals surface area contributed by atoms with Crippen LogP contribution in [-0.4, -0.2) is 0 Å². The van der Waals surface area contributed by atoms with Crippen molar-refractivity contribution >= 4 is 23.2 Å². The van der Waals surface area contributed by atoms with Gasteiger partial charge in [0.15, 0.2) is 6.20 Å². The Hall–Kier alpha value is -0.270. The van der Waals surface area contributed by atoms with Crippen LogP contribution in [0.15, 0.2) is 18.3 Å². The van der Waals surface area contributed by atoms with E-state index in [1.54, 1.807) is 18.3 Å². The van der Waals surface area contributed by atoms with Gasteiger partial charge in [-0.3, -0.25) is 0 Å². The van der Waals surface area contributed by atoms with Crippen LogP contribution < -0.4 is 4.98 Å². The van der Waals surface area contributed by atoms with Crippen LogP contribution in [0, 0.1) is 0 Å². The van der Waals surface area contributed by atoms with Crippen molar-refractivity contribution in [3.63, 3.8) is 0 Å². The first kappa shape index (κ1) is 5.86. The molecule has 0 saturated heterocycles. The summed E-state index contributed by atoms with van der Waals surface area (Å²) in [5.41, 5.74) is 0. The lowest BCUT2D eigenvalue weighted by molar-refractivity contribution is -0.375. The van der Waals surface area contributed by atoms with Gasteiger partial charge in [0, 0.05) is 6.07 Å². The molecule has 8 heavy (non-hydrogen) atoms. The standard InChI is InChI=1S/C5H3Cl2N/c6-4-2-1-3-8-5(4)7/h1-3H/p+1. The topological polar surface area (TPSA) is 14.1 Å². The van der Waals surface area contributed by atoms with Crippen molar-refractivity contribution in [2.24, 2.45) is 0 Å². The summed E-state index contributed by atoms with van der Waals surface area (Å²) in [6, 6.07) is 3.51. The summed E-state index contributed by atoms with van der Waals surface area (Å²) in [5.74, 6) is 0. The summed E-state index contributed by atoms with van der Waals surface area (Å²) >= 11 is 11.1. The molecule has 0 aliphatic rings. The van der Waals surface area contributed by atoms with Gasteiger partial charge in [0.25, 0.3) is 5.15 Å². The maximum atomic E-state index is 5.55. The fourth-order valence-electron chi connectivity index (χ4n) is 0.396. The smallest absolute Gasteiger partial charge is 0.200 e. The van der Waals surface area contributed by atoms with Gasteiger partial charge in [0.2, 0.25) is 0 Å². The monoisotopic (exact) mass is 148 g/mol. The van der Waals surface area contributed by atoms with Gasteiger partial charge in [-0.05, 0) is 17.7 Å². The molecule has 1 aromatic heterocycles. The number of rotatable bonds is 0. The maximum absolute atomic E-state index is 5.55. The Kier molecular flexibility index (Phi) is 1.71. The van der Waals surface area contributed by atoms with E-state index in [-0.39, 0.29) is 0 Å². The average Bonchev–Trinajstić information content (AvgIpc) is 1.77. The van der Waals surface area contributed by atoms with Gasteiger partial charge in [-0.2, -0.15) is 0 Å². The first-order chi connectivity index (χ1) is 3.80. The summed E-state index contributed by atoms with van der Waals surface area (Å²) < 4.78 is 0. The highest BCUT2D eigenvalue weighted by molar-refractivity contribution is 6.40. The Labute approximate surface area is 57.3 Å². The van der Waals surface area contributed by atoms with E-state index >= 15 is 0 Å². The molecule has 3 heteroatoms. The van der Waals surface area contributed by atoms with Gasteiger partial charge < -0.3 is 0 Å². The largest absolute Gasteiger partial charge is 0.292 e. The van der Waals surface area contributed by atoms with Gasteiger partial charge in [-0.1, -0.05) is 11.6 Å². The van der Waals surface area contributed by atoms with Crippen molar-refractivity contribution in [3.8, 4) is 0 Å². The quantitative estimate of drug-likeness (QED) is 0.499. The van der Waals surface area contributed by atoms with Crippen LogP contribution in [0.4, 0.5) is 0 Å². The molecule has 0 aliphatic heterocycles. The number of nitrogens with one attached hydrogen (secondary N) is 1. The molecule has 0 bridgehead atoms. The average molecular weight is 149 g/mol. The summed E-state index contributed by atoms with van der Waals surface area (Å²) in [6.45, 7) is 0. The first-order valence-corrected chi connectivity index (χ1v) is 2.88. The van der Waals surface area contributed by atoms with Crippen molar-refractivity contribution in [3.05, 3.63) is 28.5 Å². The third kappa shape index (κ3) is 1.11. The van der Waals surface area contributed by atoms with Crippen molar-refractivity contribution in [1.82, 2.24) is 0 Å². The second-order valence-corrected chi connectivity index (χ2v) is 2.12. The molecule has 0 spiro atoms. The van der Waals surface area contributed by atoms with E-state index in [1.807, 2.05) is 0 Å². The van der Waals surface area contributed by atoms with E-state index in [0.29, 0.717) is 10.2 Å². The molecule has 0 saturated carbocycles. The lowest BCUT2D eigenvalue weighted by atomic mass is 10.5. The highest BCUT2D eigenvalue weighted by Crippen LogP contribution is 2.13. The van der Waals surface area contributed by atoms with Crippen molar-refractivity contribution < 1.29 is 4.98 Å². The van der Waals surface area contributed by atoms with E-state index in [2.05, 4.69) is 4.98 Å². The molecule has 0 amide bonds. The van der Waals surface area contributed by atoms with Crippen LogP contribution in [0.1, 0.15) is 0 Å². The lowest BCUT2D eigenvalue weighted by Gasteiger charge is -1.80. The fourth-order valence-corrected chi connectivity index (χ4v) is 0.649. The number of pyridine rings is 1. The Morgan fingerprint density at radius 2 is 2.12 bits per heavy atom. The van der Waals surface area contributed by atoms with Crippen LogP contribution in [0.3, 0.4) is 0 Å². The van der Waals surface area contributed by atoms with Crippen LogP contribution in [-0.2, 0) is 0 Å². The molecule has 1 heterocycles. The number of aromatic nitrogens is 1. The zero-order valence-corrected chi connectivity index (χ0v) is 5.50. The molecule has 0 fully saturated rings. The molecule has 0 aliphatic carbocycles. The minimum atomic E-state index is 0.481. The number of halogens is 2.